The van der Waals surface area contributed by atoms with Crippen LogP contribution < -0.4 is 5.32 Å². The third kappa shape index (κ3) is 3.29. The van der Waals surface area contributed by atoms with E-state index in [1.807, 2.05) is 6.07 Å². The molecule has 6 nitrogen and oxygen atoms in total. The molecule has 1 aromatic heterocycles. The monoisotopic (exact) mass is 268 g/mol. The molecule has 0 radical (unpaired) electrons. The van der Waals surface area contributed by atoms with E-state index in [9.17, 15) is 4.79 Å². The quantitative estimate of drug-likeness (QED) is 0.856. The fourth-order valence-corrected chi connectivity index (χ4v) is 1.49. The largest absolute Gasteiger partial charge is 0.461 e. The zero-order valence-electron chi connectivity index (χ0n) is 10.8. The molecule has 0 unspecified atom stereocenters. The van der Waals surface area contributed by atoms with Crippen LogP contribution in [0, 0.1) is 11.3 Å². The normalized spacial score (nSPS) is 9.60. The predicted octanol–water partition coefficient (Wildman–Crippen LogP) is 2.27. The van der Waals surface area contributed by atoms with E-state index >= 15 is 0 Å². The second-order valence-corrected chi connectivity index (χ2v) is 3.80. The van der Waals surface area contributed by atoms with E-state index in [0.717, 1.165) is 5.69 Å². The number of esters is 1. The Hall–Kier alpha value is -2.94. The van der Waals surface area contributed by atoms with Crippen LogP contribution >= 0.6 is 0 Å². The van der Waals surface area contributed by atoms with Gasteiger partial charge >= 0.3 is 5.97 Å². The highest BCUT2D eigenvalue weighted by molar-refractivity contribution is 5.87. The van der Waals surface area contributed by atoms with Gasteiger partial charge in [0.15, 0.2) is 5.69 Å². The van der Waals surface area contributed by atoms with Crippen molar-refractivity contribution in [2.24, 2.45) is 0 Å². The van der Waals surface area contributed by atoms with Crippen molar-refractivity contribution in [3.8, 4) is 6.07 Å². The molecule has 0 saturated carbocycles. The molecule has 0 bridgehead atoms. The zero-order valence-corrected chi connectivity index (χ0v) is 10.8. The van der Waals surface area contributed by atoms with Crippen molar-refractivity contribution in [2.75, 3.05) is 11.9 Å². The van der Waals surface area contributed by atoms with Gasteiger partial charge in [-0.2, -0.15) is 5.26 Å². The molecule has 0 saturated heterocycles. The maximum Gasteiger partial charge on any atom is 0.357 e. The number of ether oxygens (including phenoxy) is 1. The Morgan fingerprint density at radius 3 is 2.75 bits per heavy atom. The summed E-state index contributed by atoms with van der Waals surface area (Å²) >= 11 is 0. The molecule has 1 N–H and O–H groups in total. The van der Waals surface area contributed by atoms with Crippen molar-refractivity contribution in [1.29, 1.82) is 5.26 Å². The third-order valence-corrected chi connectivity index (χ3v) is 2.41. The number of hydrogen-bond acceptors (Lipinski definition) is 6. The highest BCUT2D eigenvalue weighted by Crippen LogP contribution is 2.13. The van der Waals surface area contributed by atoms with Crippen LogP contribution in [-0.4, -0.2) is 22.5 Å². The van der Waals surface area contributed by atoms with Gasteiger partial charge in [-0.15, -0.1) is 0 Å². The van der Waals surface area contributed by atoms with Gasteiger partial charge in [-0.25, -0.2) is 14.8 Å². The summed E-state index contributed by atoms with van der Waals surface area (Å²) in [6.07, 6.45) is 1.48. The molecule has 20 heavy (non-hydrogen) atoms. The van der Waals surface area contributed by atoms with E-state index in [1.165, 1.54) is 12.3 Å². The van der Waals surface area contributed by atoms with Crippen molar-refractivity contribution < 1.29 is 9.53 Å². The van der Waals surface area contributed by atoms with E-state index in [-0.39, 0.29) is 5.69 Å². The van der Waals surface area contributed by atoms with Gasteiger partial charge in [0, 0.05) is 11.9 Å². The van der Waals surface area contributed by atoms with Gasteiger partial charge in [0.25, 0.3) is 0 Å². The lowest BCUT2D eigenvalue weighted by Crippen LogP contribution is -2.09. The second kappa shape index (κ2) is 6.29. The van der Waals surface area contributed by atoms with Crippen LogP contribution in [0.15, 0.2) is 36.5 Å². The lowest BCUT2D eigenvalue weighted by Gasteiger charge is -2.06. The van der Waals surface area contributed by atoms with Crippen LogP contribution in [0.4, 0.5) is 11.6 Å². The fourth-order valence-electron chi connectivity index (χ4n) is 1.49. The summed E-state index contributed by atoms with van der Waals surface area (Å²) in [4.78, 5) is 19.6. The Balaban J connectivity index is 2.15. The topological polar surface area (TPSA) is 87.9 Å². The molecular formula is C14H12N4O2. The molecular weight excluding hydrogens is 256 g/mol. The summed E-state index contributed by atoms with van der Waals surface area (Å²) < 4.78 is 4.87. The first kappa shape index (κ1) is 13.5. The number of nitrogens with one attached hydrogen (secondary N) is 1. The van der Waals surface area contributed by atoms with Crippen LogP contribution in [0.5, 0.6) is 0 Å². The van der Waals surface area contributed by atoms with Gasteiger partial charge in [-0.05, 0) is 37.3 Å². The van der Waals surface area contributed by atoms with Crippen molar-refractivity contribution >= 4 is 17.6 Å². The van der Waals surface area contributed by atoms with Crippen molar-refractivity contribution in [3.63, 3.8) is 0 Å². The van der Waals surface area contributed by atoms with Crippen molar-refractivity contribution in [3.05, 3.63) is 47.8 Å². The number of carbonyl (C=O) groups excluding carboxylic acids is 1. The number of rotatable bonds is 4. The second-order valence-electron chi connectivity index (χ2n) is 3.80. The maximum absolute atomic E-state index is 11.6. The molecule has 0 fully saturated rings. The highest BCUT2D eigenvalue weighted by atomic mass is 16.5. The van der Waals surface area contributed by atoms with Crippen LogP contribution in [0.3, 0.4) is 0 Å². The van der Waals surface area contributed by atoms with E-state index in [2.05, 4.69) is 15.3 Å². The number of benzene rings is 1. The number of nitriles is 1. The summed E-state index contributed by atoms with van der Waals surface area (Å²) in [5.41, 5.74) is 1.49. The Labute approximate surface area is 116 Å². The van der Waals surface area contributed by atoms with Gasteiger partial charge in [-0.1, -0.05) is 0 Å². The van der Waals surface area contributed by atoms with Crippen molar-refractivity contribution in [1.82, 2.24) is 9.97 Å². The molecule has 0 amide bonds. The number of hydrogen-bond donors (Lipinski definition) is 1. The summed E-state index contributed by atoms with van der Waals surface area (Å²) in [7, 11) is 0. The SMILES string of the molecule is CCOC(=O)c1ccnc(Nc2ccc(C#N)cc2)n1. The average Bonchev–Trinajstić information content (AvgIpc) is 2.48. The smallest absolute Gasteiger partial charge is 0.357 e. The molecule has 100 valence electrons. The average molecular weight is 268 g/mol. The van der Waals surface area contributed by atoms with Gasteiger partial charge < -0.3 is 10.1 Å². The number of carbonyl (C=O) groups is 1. The minimum atomic E-state index is -0.488. The first-order valence-electron chi connectivity index (χ1n) is 6.00. The molecule has 6 heteroatoms. The molecule has 2 rings (SSSR count). The van der Waals surface area contributed by atoms with Gasteiger partial charge in [0.05, 0.1) is 18.2 Å². The molecule has 2 aromatic rings. The predicted molar refractivity (Wildman–Crippen MR) is 72.4 cm³/mol. The standard InChI is InChI=1S/C14H12N4O2/c1-2-20-13(19)12-7-8-16-14(18-12)17-11-5-3-10(9-15)4-6-11/h3-8H,2H2,1H3,(H,16,17,18). The summed E-state index contributed by atoms with van der Waals surface area (Å²) in [5, 5.41) is 11.7. The number of aromatic nitrogens is 2. The first-order chi connectivity index (χ1) is 9.72. The molecule has 0 aliphatic carbocycles. The van der Waals surface area contributed by atoms with Gasteiger partial charge in [0.1, 0.15) is 0 Å². The Bertz CT molecular complexity index is 647. The fraction of sp³-hybridized carbons (Fsp3) is 0.143. The van der Waals surface area contributed by atoms with E-state index in [0.29, 0.717) is 18.1 Å². The highest BCUT2D eigenvalue weighted by Gasteiger charge is 2.09. The van der Waals surface area contributed by atoms with Crippen LogP contribution in [0.1, 0.15) is 23.0 Å². The van der Waals surface area contributed by atoms with Gasteiger partial charge in [-0.3, -0.25) is 0 Å². The third-order valence-electron chi connectivity index (χ3n) is 2.41. The zero-order chi connectivity index (χ0) is 14.4. The maximum atomic E-state index is 11.6. The summed E-state index contributed by atoms with van der Waals surface area (Å²) in [6.45, 7) is 2.02. The molecule has 0 aliphatic heterocycles. The molecule has 1 aromatic carbocycles. The lowest BCUT2D eigenvalue weighted by molar-refractivity contribution is 0.0519. The minimum absolute atomic E-state index is 0.193. The Morgan fingerprint density at radius 1 is 1.35 bits per heavy atom. The molecule has 0 atom stereocenters. The van der Waals surface area contributed by atoms with Gasteiger partial charge in [0.2, 0.25) is 5.95 Å². The van der Waals surface area contributed by atoms with E-state index in [4.69, 9.17) is 10.00 Å². The molecule has 0 aliphatic rings. The van der Waals surface area contributed by atoms with Crippen molar-refractivity contribution in [2.45, 2.75) is 6.92 Å². The Kier molecular flexibility index (Phi) is 4.24. The van der Waals surface area contributed by atoms with Crippen LogP contribution in [0.25, 0.3) is 0 Å². The lowest BCUT2D eigenvalue weighted by atomic mass is 10.2. The van der Waals surface area contributed by atoms with E-state index < -0.39 is 5.97 Å². The van der Waals surface area contributed by atoms with Crippen LogP contribution in [-0.2, 0) is 4.74 Å². The number of anilines is 2. The Morgan fingerprint density at radius 2 is 2.10 bits per heavy atom. The van der Waals surface area contributed by atoms with Crippen LogP contribution in [0.2, 0.25) is 0 Å². The first-order valence-corrected chi connectivity index (χ1v) is 6.00. The summed E-state index contributed by atoms with van der Waals surface area (Å²) in [5.74, 6) is -0.196. The summed E-state index contributed by atoms with van der Waals surface area (Å²) in [6, 6.07) is 10.4. The number of nitrogens with zero attached hydrogens (tertiary/aromatic N) is 3. The molecule has 0 spiro atoms. The van der Waals surface area contributed by atoms with E-state index in [1.54, 1.807) is 31.2 Å². The minimum Gasteiger partial charge on any atom is -0.461 e. The molecule has 1 heterocycles.